The van der Waals surface area contributed by atoms with Crippen molar-refractivity contribution >= 4 is 21.0 Å². The van der Waals surface area contributed by atoms with Gasteiger partial charge in [-0.15, -0.1) is 12.4 Å². The zero-order chi connectivity index (χ0) is 7.71. The summed E-state index contributed by atoms with van der Waals surface area (Å²) in [6.45, 7) is 13.7. The van der Waals surface area contributed by atoms with Gasteiger partial charge in [0.1, 0.15) is 0 Å². The Morgan fingerprint density at radius 1 is 0.700 bits per heavy atom. The fraction of sp³-hybridized carbons (Fsp3) is 1.00. The molecule has 0 N–H and O–H groups in total. The van der Waals surface area contributed by atoms with Crippen LogP contribution in [0.4, 0.5) is 0 Å². The highest BCUT2D eigenvalue weighted by molar-refractivity contribution is 7.41. The van der Waals surface area contributed by atoms with Gasteiger partial charge < -0.3 is 0 Å². The molecule has 10 heavy (non-hydrogen) atoms. The lowest BCUT2D eigenvalue weighted by Crippen LogP contribution is -2.16. The van der Waals surface area contributed by atoms with Crippen LogP contribution in [0.2, 0.25) is 0 Å². The van der Waals surface area contributed by atoms with Gasteiger partial charge in [0.25, 0.3) is 0 Å². The molecule has 0 aliphatic heterocycles. The first-order chi connectivity index (χ1) is 3.71. The Bertz CT molecular complexity index is 74.4. The van der Waals surface area contributed by atoms with Crippen LogP contribution in [0, 0.1) is 0 Å². The van der Waals surface area contributed by atoms with Crippen LogP contribution < -0.4 is 0 Å². The van der Waals surface area contributed by atoms with Gasteiger partial charge in [0, 0.05) is 0 Å². The third kappa shape index (κ3) is 11.5. The lowest BCUT2D eigenvalue weighted by Gasteiger charge is -2.27. The normalized spacial score (nSPS) is 12.6. The van der Waals surface area contributed by atoms with Crippen LogP contribution in [0.15, 0.2) is 0 Å². The van der Waals surface area contributed by atoms with E-state index in [0.717, 1.165) is 0 Å². The van der Waals surface area contributed by atoms with Gasteiger partial charge in [0.15, 0.2) is 0 Å². The molecule has 0 nitrogen and oxygen atoms in total. The molecule has 2 heteroatoms. The first kappa shape index (κ1) is 13.3. The van der Waals surface area contributed by atoms with Crippen LogP contribution in [-0.2, 0) is 0 Å². The molecule has 0 aliphatic rings. The number of hydrogen-bond donors (Lipinski definition) is 0. The van der Waals surface area contributed by atoms with E-state index in [4.69, 9.17) is 0 Å². The second-order valence-corrected chi connectivity index (χ2v) is 7.36. The van der Waals surface area contributed by atoms with E-state index in [1.165, 1.54) is 8.58 Å². The van der Waals surface area contributed by atoms with E-state index in [9.17, 15) is 0 Å². The molecule has 0 unspecified atom stereocenters. The molecule has 0 fully saturated rings. The summed E-state index contributed by atoms with van der Waals surface area (Å²) in [5.74, 6) is 0. The maximum Gasteiger partial charge on any atom is -0.0136 e. The molecule has 0 saturated carbocycles. The Labute approximate surface area is 73.4 Å². The summed E-state index contributed by atoms with van der Waals surface area (Å²) in [5, 5.41) is 0.913. The first-order valence-corrected chi connectivity index (χ1v) is 4.34. The molecule has 0 aromatic heterocycles. The average molecular weight is 182 g/mol. The van der Waals surface area contributed by atoms with Gasteiger partial charge in [-0.05, 0) is 10.3 Å². The Kier molecular flexibility index (Phi) is 5.23. The second kappa shape index (κ2) is 3.93. The predicted molar refractivity (Wildman–Crippen MR) is 53.7 cm³/mol. The van der Waals surface area contributed by atoms with Crippen molar-refractivity contribution in [2.45, 2.75) is 51.9 Å². The molecule has 0 amide bonds. The quantitative estimate of drug-likeness (QED) is 0.497. The van der Waals surface area contributed by atoms with Crippen LogP contribution in [0.25, 0.3) is 0 Å². The minimum Gasteiger partial charge on any atom is -0.147 e. The molecule has 63 valence electrons. The van der Waals surface area contributed by atoms with Gasteiger partial charge in [-0.3, -0.25) is 0 Å². The zero-order valence-corrected chi connectivity index (χ0v) is 9.57. The van der Waals surface area contributed by atoms with Crippen molar-refractivity contribution in [3.05, 3.63) is 0 Å². The van der Waals surface area contributed by atoms with E-state index in [1.807, 2.05) is 0 Å². The molecule has 0 atom stereocenters. The highest BCUT2D eigenvalue weighted by atomic mass is 35.5. The molecule has 0 rings (SSSR count). The Morgan fingerprint density at radius 2 is 0.900 bits per heavy atom. The van der Waals surface area contributed by atoms with Gasteiger partial charge >= 0.3 is 0 Å². The molecule has 0 aromatic rings. The molecular weight excluding hydrogens is 163 g/mol. The van der Waals surface area contributed by atoms with Crippen molar-refractivity contribution in [2.24, 2.45) is 0 Å². The fourth-order valence-electron chi connectivity index (χ4n) is 1.01. The van der Waals surface area contributed by atoms with Crippen molar-refractivity contribution in [2.75, 3.05) is 0 Å². The molecular formula is C8H19ClP. The summed E-state index contributed by atoms with van der Waals surface area (Å²) < 4.78 is 0. The van der Waals surface area contributed by atoms with E-state index >= 15 is 0 Å². The third-order valence-corrected chi connectivity index (χ3v) is 2.01. The van der Waals surface area contributed by atoms with Gasteiger partial charge in [-0.25, -0.2) is 0 Å². The van der Waals surface area contributed by atoms with E-state index in [-0.39, 0.29) is 12.4 Å². The lowest BCUT2D eigenvalue weighted by molar-refractivity contribution is 0.725. The Morgan fingerprint density at radius 3 is 0.900 bits per heavy atom. The van der Waals surface area contributed by atoms with Crippen molar-refractivity contribution in [1.82, 2.24) is 0 Å². The van der Waals surface area contributed by atoms with Crippen LogP contribution in [0.5, 0.6) is 0 Å². The molecule has 0 heterocycles. The second-order valence-electron chi connectivity index (χ2n) is 4.45. The van der Waals surface area contributed by atoms with Gasteiger partial charge in [-0.1, -0.05) is 50.1 Å². The standard InChI is InChI=1S/C8H18P.ClH/c1-7(2,3)9-8(4,5)6;/h1-6H3;1H. The lowest BCUT2D eigenvalue weighted by atomic mass is 10.2. The summed E-state index contributed by atoms with van der Waals surface area (Å²) in [6, 6.07) is 0. The van der Waals surface area contributed by atoms with Crippen molar-refractivity contribution in [1.29, 1.82) is 0 Å². The Balaban J connectivity index is 0. The molecule has 0 saturated heterocycles. The molecule has 1 radical (unpaired) electrons. The maximum atomic E-state index is 2.28. The predicted octanol–water partition coefficient (Wildman–Crippen LogP) is 3.95. The maximum absolute atomic E-state index is 2.28. The number of halogens is 1. The van der Waals surface area contributed by atoms with Gasteiger partial charge in [0.05, 0.1) is 0 Å². The summed E-state index contributed by atoms with van der Waals surface area (Å²) in [5.41, 5.74) is 0. The van der Waals surface area contributed by atoms with Gasteiger partial charge in [-0.2, -0.15) is 0 Å². The van der Waals surface area contributed by atoms with E-state index < -0.39 is 0 Å². The highest BCUT2D eigenvalue weighted by Crippen LogP contribution is 2.41. The average Bonchev–Trinajstić information content (AvgIpc) is 1.14. The fourth-order valence-corrected chi connectivity index (χ4v) is 3.02. The van der Waals surface area contributed by atoms with E-state index in [1.54, 1.807) is 0 Å². The van der Waals surface area contributed by atoms with Crippen molar-refractivity contribution in [3.8, 4) is 0 Å². The molecule has 0 aliphatic carbocycles. The van der Waals surface area contributed by atoms with E-state index in [0.29, 0.717) is 10.3 Å². The van der Waals surface area contributed by atoms with Crippen LogP contribution in [0.1, 0.15) is 41.5 Å². The summed E-state index contributed by atoms with van der Waals surface area (Å²) in [7, 11) is 1.53. The van der Waals surface area contributed by atoms with Crippen molar-refractivity contribution < 1.29 is 0 Å². The monoisotopic (exact) mass is 181 g/mol. The van der Waals surface area contributed by atoms with E-state index in [2.05, 4.69) is 41.5 Å². The molecule has 0 spiro atoms. The van der Waals surface area contributed by atoms with Crippen LogP contribution in [0.3, 0.4) is 0 Å². The first-order valence-electron chi connectivity index (χ1n) is 3.45. The van der Waals surface area contributed by atoms with Gasteiger partial charge in [0.2, 0.25) is 0 Å². The van der Waals surface area contributed by atoms with Crippen LogP contribution >= 0.6 is 21.0 Å². The zero-order valence-electron chi connectivity index (χ0n) is 7.86. The van der Waals surface area contributed by atoms with Crippen LogP contribution in [-0.4, -0.2) is 10.3 Å². The summed E-state index contributed by atoms with van der Waals surface area (Å²) in [6.07, 6.45) is 0. The Hall–Kier alpha value is 0.720. The minimum atomic E-state index is 0. The topological polar surface area (TPSA) is 0 Å². The summed E-state index contributed by atoms with van der Waals surface area (Å²) in [4.78, 5) is 0. The van der Waals surface area contributed by atoms with Crippen molar-refractivity contribution in [3.63, 3.8) is 0 Å². The molecule has 0 aromatic carbocycles. The smallest absolute Gasteiger partial charge is 0.0136 e. The number of hydrogen-bond acceptors (Lipinski definition) is 0. The largest absolute Gasteiger partial charge is 0.147 e. The summed E-state index contributed by atoms with van der Waals surface area (Å²) >= 11 is 0. The SMILES string of the molecule is CC(C)(C)[P]C(C)(C)C.Cl. The molecule has 0 bridgehead atoms. The minimum absolute atomic E-state index is 0. The highest BCUT2D eigenvalue weighted by Gasteiger charge is 2.20. The third-order valence-electron chi connectivity index (χ3n) is 0.671. The number of rotatable bonds is 0.